The molecule has 0 spiro atoms. The molecule has 3 heteroatoms. The van der Waals surface area contributed by atoms with E-state index in [0.29, 0.717) is 18.0 Å². The molecule has 0 aliphatic carbocycles. The molecular weight excluding hydrogens is 274 g/mol. The molecule has 4 rings (SSSR count). The molecular formula is C19H15NO2. The zero-order valence-electron chi connectivity index (χ0n) is 12.2. The quantitative estimate of drug-likeness (QED) is 0.659. The molecule has 0 bridgehead atoms. The van der Waals surface area contributed by atoms with Gasteiger partial charge in [0.05, 0.1) is 17.6 Å². The zero-order valence-corrected chi connectivity index (χ0v) is 12.2. The number of aromatic nitrogens is 1. The standard InChI is InChI=1S/C19H15NO2/c1-13(14-7-3-2-4-8-14)18-11-20-17-10-6-5-9-15(17)16(12-21)19(20)22-18/h2-10,12H,11H2,1H3/b18-13-. The maximum Gasteiger partial charge on any atom is 0.211 e. The molecule has 0 saturated heterocycles. The van der Waals surface area contributed by atoms with Gasteiger partial charge in [-0.05, 0) is 24.1 Å². The van der Waals surface area contributed by atoms with E-state index in [0.717, 1.165) is 34.1 Å². The molecule has 2 aromatic carbocycles. The minimum atomic E-state index is 0.631. The SMILES string of the molecule is C/C(=C1\Cn2c(c(C=O)c3ccccc32)O1)c1ccccc1. The number of carbonyl (C=O) groups is 1. The van der Waals surface area contributed by atoms with Crippen molar-refractivity contribution in [1.82, 2.24) is 4.57 Å². The number of fused-ring (bicyclic) bond motifs is 3. The molecule has 0 N–H and O–H groups in total. The van der Waals surface area contributed by atoms with Crippen LogP contribution in [0.2, 0.25) is 0 Å². The first-order chi connectivity index (χ1) is 10.8. The van der Waals surface area contributed by atoms with Crippen molar-refractivity contribution in [2.75, 3.05) is 0 Å². The number of nitrogens with zero attached hydrogens (tertiary/aromatic N) is 1. The third-order valence-corrected chi connectivity index (χ3v) is 4.23. The summed E-state index contributed by atoms with van der Waals surface area (Å²) in [6.45, 7) is 2.71. The Morgan fingerprint density at radius 1 is 1.09 bits per heavy atom. The lowest BCUT2D eigenvalue weighted by Gasteiger charge is -2.06. The number of aldehydes is 1. The van der Waals surface area contributed by atoms with Gasteiger partial charge in [0.25, 0.3) is 0 Å². The highest BCUT2D eigenvalue weighted by molar-refractivity contribution is 6.01. The average Bonchev–Trinajstić information content (AvgIpc) is 3.12. The number of carbonyl (C=O) groups excluding carboxylic acids is 1. The molecule has 0 fully saturated rings. The van der Waals surface area contributed by atoms with Gasteiger partial charge in [0, 0.05) is 5.39 Å². The highest BCUT2D eigenvalue weighted by Gasteiger charge is 2.26. The lowest BCUT2D eigenvalue weighted by molar-refractivity contribution is 0.112. The van der Waals surface area contributed by atoms with Crippen molar-refractivity contribution in [3.8, 4) is 5.88 Å². The Kier molecular flexibility index (Phi) is 2.86. The summed E-state index contributed by atoms with van der Waals surface area (Å²) < 4.78 is 8.11. The van der Waals surface area contributed by atoms with Crippen LogP contribution in [0.4, 0.5) is 0 Å². The van der Waals surface area contributed by atoms with Crippen molar-refractivity contribution in [1.29, 1.82) is 0 Å². The summed E-state index contributed by atoms with van der Waals surface area (Å²) in [6.07, 6.45) is 0.884. The third kappa shape index (κ3) is 1.79. The van der Waals surface area contributed by atoms with Crippen LogP contribution in [0.25, 0.3) is 16.5 Å². The first kappa shape index (κ1) is 12.9. The van der Waals surface area contributed by atoms with Crippen molar-refractivity contribution >= 4 is 22.8 Å². The highest BCUT2D eigenvalue weighted by Crippen LogP contribution is 2.38. The number of hydrogen-bond acceptors (Lipinski definition) is 2. The molecule has 0 unspecified atom stereocenters. The maximum atomic E-state index is 11.5. The summed E-state index contributed by atoms with van der Waals surface area (Å²) in [5.41, 5.74) is 3.91. The van der Waals surface area contributed by atoms with Crippen molar-refractivity contribution < 1.29 is 9.53 Å². The van der Waals surface area contributed by atoms with Gasteiger partial charge in [-0.1, -0.05) is 48.5 Å². The molecule has 3 nitrogen and oxygen atoms in total. The van der Waals surface area contributed by atoms with Crippen LogP contribution in [0.3, 0.4) is 0 Å². The fraction of sp³-hybridized carbons (Fsp3) is 0.105. The van der Waals surface area contributed by atoms with Crippen LogP contribution in [-0.4, -0.2) is 10.9 Å². The van der Waals surface area contributed by atoms with E-state index in [1.54, 1.807) is 0 Å². The lowest BCUT2D eigenvalue weighted by atomic mass is 10.1. The fourth-order valence-corrected chi connectivity index (χ4v) is 3.02. The van der Waals surface area contributed by atoms with Gasteiger partial charge in [-0.25, -0.2) is 0 Å². The smallest absolute Gasteiger partial charge is 0.211 e. The van der Waals surface area contributed by atoms with Gasteiger partial charge < -0.3 is 9.30 Å². The van der Waals surface area contributed by atoms with Crippen LogP contribution in [0.5, 0.6) is 5.88 Å². The summed E-state index contributed by atoms with van der Waals surface area (Å²) in [5.74, 6) is 1.55. The molecule has 22 heavy (non-hydrogen) atoms. The Morgan fingerprint density at radius 2 is 1.82 bits per heavy atom. The second-order valence-corrected chi connectivity index (χ2v) is 5.46. The molecule has 0 saturated carbocycles. The van der Waals surface area contributed by atoms with Gasteiger partial charge in [0.15, 0.2) is 6.29 Å². The molecule has 0 amide bonds. The second-order valence-electron chi connectivity index (χ2n) is 5.46. The van der Waals surface area contributed by atoms with E-state index in [-0.39, 0.29) is 0 Å². The van der Waals surface area contributed by atoms with E-state index < -0.39 is 0 Å². The van der Waals surface area contributed by atoms with Crippen LogP contribution < -0.4 is 4.74 Å². The van der Waals surface area contributed by atoms with Gasteiger partial charge in [0.2, 0.25) is 5.88 Å². The first-order valence-electron chi connectivity index (χ1n) is 7.29. The van der Waals surface area contributed by atoms with E-state index in [9.17, 15) is 4.79 Å². The topological polar surface area (TPSA) is 31.2 Å². The Hall–Kier alpha value is -2.81. The van der Waals surface area contributed by atoms with E-state index >= 15 is 0 Å². The van der Waals surface area contributed by atoms with Crippen molar-refractivity contribution in [2.45, 2.75) is 13.5 Å². The van der Waals surface area contributed by atoms with Crippen LogP contribution >= 0.6 is 0 Å². The summed E-state index contributed by atoms with van der Waals surface area (Å²) in [4.78, 5) is 11.5. The van der Waals surface area contributed by atoms with Crippen LogP contribution in [0.1, 0.15) is 22.8 Å². The van der Waals surface area contributed by atoms with Crippen molar-refractivity contribution in [3.63, 3.8) is 0 Å². The number of benzene rings is 2. The normalized spacial score (nSPS) is 15.5. The first-order valence-corrected chi connectivity index (χ1v) is 7.29. The molecule has 1 aliphatic rings. The monoisotopic (exact) mass is 289 g/mol. The number of para-hydroxylation sites is 1. The molecule has 108 valence electrons. The molecule has 0 radical (unpaired) electrons. The second kappa shape index (κ2) is 4.88. The maximum absolute atomic E-state index is 11.5. The van der Waals surface area contributed by atoms with E-state index in [2.05, 4.69) is 23.6 Å². The minimum Gasteiger partial charge on any atom is -0.442 e. The van der Waals surface area contributed by atoms with Crippen LogP contribution in [0, 0.1) is 0 Å². The van der Waals surface area contributed by atoms with Gasteiger partial charge in [0.1, 0.15) is 5.76 Å². The van der Waals surface area contributed by atoms with E-state index in [1.807, 2.05) is 42.5 Å². The molecule has 1 aliphatic heterocycles. The van der Waals surface area contributed by atoms with E-state index in [4.69, 9.17) is 4.74 Å². The van der Waals surface area contributed by atoms with Crippen LogP contribution in [-0.2, 0) is 6.54 Å². The van der Waals surface area contributed by atoms with Crippen molar-refractivity contribution in [3.05, 3.63) is 71.5 Å². The summed E-state index contributed by atoms with van der Waals surface area (Å²) in [5, 5.41) is 0.948. The minimum absolute atomic E-state index is 0.631. The number of ether oxygens (including phenoxy) is 1. The predicted octanol–water partition coefficient (Wildman–Crippen LogP) is 4.28. The number of hydrogen-bond donors (Lipinski definition) is 0. The van der Waals surface area contributed by atoms with Crippen molar-refractivity contribution in [2.24, 2.45) is 0 Å². The van der Waals surface area contributed by atoms with E-state index in [1.165, 1.54) is 0 Å². The number of allylic oxidation sites excluding steroid dienone is 2. The number of rotatable bonds is 2. The van der Waals surface area contributed by atoms with Crippen LogP contribution in [0.15, 0.2) is 60.4 Å². The Morgan fingerprint density at radius 3 is 2.59 bits per heavy atom. The Bertz CT molecular complexity index is 904. The Labute approximate surface area is 128 Å². The third-order valence-electron chi connectivity index (χ3n) is 4.23. The molecule has 2 heterocycles. The Balaban J connectivity index is 1.86. The summed E-state index contributed by atoms with van der Waals surface area (Å²) in [6, 6.07) is 18.1. The molecule has 3 aromatic rings. The lowest BCUT2D eigenvalue weighted by Crippen LogP contribution is -1.97. The van der Waals surface area contributed by atoms with Gasteiger partial charge in [-0.3, -0.25) is 4.79 Å². The van der Waals surface area contributed by atoms with Gasteiger partial charge in [-0.15, -0.1) is 0 Å². The van der Waals surface area contributed by atoms with Gasteiger partial charge >= 0.3 is 0 Å². The highest BCUT2D eigenvalue weighted by atomic mass is 16.5. The zero-order chi connectivity index (χ0) is 15.1. The average molecular weight is 289 g/mol. The fourth-order valence-electron chi connectivity index (χ4n) is 3.02. The molecule has 0 atom stereocenters. The summed E-state index contributed by atoms with van der Waals surface area (Å²) in [7, 11) is 0. The van der Waals surface area contributed by atoms with Gasteiger partial charge in [-0.2, -0.15) is 0 Å². The summed E-state index contributed by atoms with van der Waals surface area (Å²) >= 11 is 0. The molecule has 1 aromatic heterocycles. The predicted molar refractivity (Wildman–Crippen MR) is 87.0 cm³/mol. The largest absolute Gasteiger partial charge is 0.442 e.